The van der Waals surface area contributed by atoms with Crippen molar-refractivity contribution in [3.05, 3.63) is 35.6 Å². The molecule has 4 heteroatoms. The molecule has 1 amide bonds. The molecule has 0 bridgehead atoms. The van der Waals surface area contributed by atoms with E-state index in [0.717, 1.165) is 24.9 Å². The Balaban J connectivity index is 1.96. The molecule has 0 spiro atoms. The molecule has 1 unspecified atom stereocenters. The van der Waals surface area contributed by atoms with E-state index >= 15 is 0 Å². The molecular formula is C13H17FN2O. The lowest BCUT2D eigenvalue weighted by molar-refractivity contribution is -0.123. The summed E-state index contributed by atoms with van der Waals surface area (Å²) in [6.45, 7) is 2.76. The number of amides is 1. The maximum atomic E-state index is 13.0. The van der Waals surface area contributed by atoms with Gasteiger partial charge in [-0.3, -0.25) is 4.79 Å². The molecule has 2 atom stereocenters. The second-order valence-electron chi connectivity index (χ2n) is 4.43. The normalized spacial score (nSPS) is 21.2. The van der Waals surface area contributed by atoms with Crippen molar-refractivity contribution in [3.63, 3.8) is 0 Å². The Labute approximate surface area is 100 Å². The summed E-state index contributed by atoms with van der Waals surface area (Å²) in [5, 5.41) is 6.04. The molecule has 1 heterocycles. The third kappa shape index (κ3) is 3.03. The highest BCUT2D eigenvalue weighted by molar-refractivity contribution is 5.82. The quantitative estimate of drug-likeness (QED) is 0.839. The lowest BCUT2D eigenvalue weighted by Gasteiger charge is -2.17. The van der Waals surface area contributed by atoms with E-state index in [2.05, 4.69) is 10.6 Å². The summed E-state index contributed by atoms with van der Waals surface area (Å²) in [6.07, 6.45) is 1.91. The smallest absolute Gasteiger partial charge is 0.237 e. The van der Waals surface area contributed by atoms with Crippen molar-refractivity contribution in [1.82, 2.24) is 10.6 Å². The van der Waals surface area contributed by atoms with Gasteiger partial charge in [0.2, 0.25) is 5.91 Å². The van der Waals surface area contributed by atoms with Crippen LogP contribution < -0.4 is 10.6 Å². The number of carbonyl (C=O) groups excluding carboxylic acids is 1. The first-order chi connectivity index (χ1) is 8.16. The zero-order valence-electron chi connectivity index (χ0n) is 9.87. The largest absolute Gasteiger partial charge is 0.348 e. The van der Waals surface area contributed by atoms with Crippen LogP contribution in [0.3, 0.4) is 0 Å². The standard InChI is InChI=1S/C13H17FN2O/c1-9(10-4-2-5-11(14)8-10)16-13(17)12-6-3-7-15-12/h2,4-5,8-9,12,15H,3,6-7H2,1H3,(H,16,17)/t9-,12?/m0/s1. The van der Waals surface area contributed by atoms with Crippen molar-refractivity contribution >= 4 is 5.91 Å². The van der Waals surface area contributed by atoms with E-state index in [4.69, 9.17) is 0 Å². The lowest BCUT2D eigenvalue weighted by atomic mass is 10.1. The number of halogens is 1. The van der Waals surface area contributed by atoms with E-state index in [0.29, 0.717) is 0 Å². The van der Waals surface area contributed by atoms with Crippen LogP contribution >= 0.6 is 0 Å². The minimum atomic E-state index is -0.275. The van der Waals surface area contributed by atoms with Gasteiger partial charge in [-0.05, 0) is 44.0 Å². The molecule has 0 saturated carbocycles. The Kier molecular flexibility index (Phi) is 3.74. The van der Waals surface area contributed by atoms with Gasteiger partial charge < -0.3 is 10.6 Å². The maximum Gasteiger partial charge on any atom is 0.237 e. The van der Waals surface area contributed by atoms with Crippen LogP contribution in [-0.2, 0) is 4.79 Å². The van der Waals surface area contributed by atoms with Gasteiger partial charge in [0.05, 0.1) is 12.1 Å². The van der Waals surface area contributed by atoms with Crippen molar-refractivity contribution in [2.75, 3.05) is 6.54 Å². The summed E-state index contributed by atoms with van der Waals surface area (Å²) in [5.74, 6) is -0.276. The van der Waals surface area contributed by atoms with E-state index in [1.54, 1.807) is 6.07 Å². The molecule has 0 aromatic heterocycles. The van der Waals surface area contributed by atoms with Crippen molar-refractivity contribution in [1.29, 1.82) is 0 Å². The van der Waals surface area contributed by atoms with Gasteiger partial charge in [-0.2, -0.15) is 0 Å². The van der Waals surface area contributed by atoms with Gasteiger partial charge in [0, 0.05) is 0 Å². The molecule has 2 N–H and O–H groups in total. The first-order valence-corrected chi connectivity index (χ1v) is 5.96. The van der Waals surface area contributed by atoms with Crippen LogP contribution in [0.5, 0.6) is 0 Å². The van der Waals surface area contributed by atoms with Crippen molar-refractivity contribution in [3.8, 4) is 0 Å². The molecular weight excluding hydrogens is 219 g/mol. The number of nitrogens with one attached hydrogen (secondary N) is 2. The van der Waals surface area contributed by atoms with E-state index in [9.17, 15) is 9.18 Å². The van der Waals surface area contributed by atoms with Gasteiger partial charge >= 0.3 is 0 Å². The van der Waals surface area contributed by atoms with Crippen molar-refractivity contribution in [2.45, 2.75) is 31.8 Å². The average Bonchev–Trinajstić information content (AvgIpc) is 2.82. The number of benzene rings is 1. The van der Waals surface area contributed by atoms with Crippen LogP contribution in [0, 0.1) is 5.82 Å². The molecule has 3 nitrogen and oxygen atoms in total. The number of hydrogen-bond acceptors (Lipinski definition) is 2. The molecule has 1 aromatic carbocycles. The van der Waals surface area contributed by atoms with Gasteiger partial charge in [0.1, 0.15) is 5.82 Å². The van der Waals surface area contributed by atoms with Gasteiger partial charge in [-0.1, -0.05) is 12.1 Å². The molecule has 92 valence electrons. The van der Waals surface area contributed by atoms with Gasteiger partial charge in [0.15, 0.2) is 0 Å². The minimum Gasteiger partial charge on any atom is -0.348 e. The van der Waals surface area contributed by atoms with Crippen LogP contribution in [0.1, 0.15) is 31.4 Å². The summed E-state index contributed by atoms with van der Waals surface area (Å²) < 4.78 is 13.0. The van der Waals surface area contributed by atoms with E-state index < -0.39 is 0 Å². The SMILES string of the molecule is C[C@H](NC(=O)C1CCCN1)c1cccc(F)c1. The molecule has 0 radical (unpaired) electrons. The summed E-state index contributed by atoms with van der Waals surface area (Å²) in [5.41, 5.74) is 0.788. The zero-order chi connectivity index (χ0) is 12.3. The highest BCUT2D eigenvalue weighted by atomic mass is 19.1. The van der Waals surface area contributed by atoms with Crippen LogP contribution in [0.2, 0.25) is 0 Å². The maximum absolute atomic E-state index is 13.0. The van der Waals surface area contributed by atoms with Crippen molar-refractivity contribution in [2.24, 2.45) is 0 Å². The predicted octanol–water partition coefficient (Wildman–Crippen LogP) is 1.75. The summed E-state index contributed by atoms with van der Waals surface area (Å²) in [4.78, 5) is 11.8. The monoisotopic (exact) mass is 236 g/mol. The Morgan fingerprint density at radius 3 is 3.06 bits per heavy atom. The molecule has 0 aliphatic carbocycles. The highest BCUT2D eigenvalue weighted by Crippen LogP contribution is 2.14. The summed E-state index contributed by atoms with van der Waals surface area (Å²) in [6, 6.07) is 6.06. The van der Waals surface area contributed by atoms with Crippen LogP contribution in [0.25, 0.3) is 0 Å². The van der Waals surface area contributed by atoms with Crippen molar-refractivity contribution < 1.29 is 9.18 Å². The molecule has 1 aromatic rings. The van der Waals surface area contributed by atoms with Crippen LogP contribution in [0.15, 0.2) is 24.3 Å². The molecule has 1 aliphatic rings. The lowest BCUT2D eigenvalue weighted by Crippen LogP contribution is -2.41. The van der Waals surface area contributed by atoms with E-state index in [-0.39, 0.29) is 23.8 Å². The molecule has 1 fully saturated rings. The number of rotatable bonds is 3. The number of hydrogen-bond donors (Lipinski definition) is 2. The minimum absolute atomic E-state index is 0.000684. The van der Waals surface area contributed by atoms with Gasteiger partial charge in [0.25, 0.3) is 0 Å². The highest BCUT2D eigenvalue weighted by Gasteiger charge is 2.23. The molecule has 2 rings (SSSR count). The topological polar surface area (TPSA) is 41.1 Å². The summed E-state index contributed by atoms with van der Waals surface area (Å²) >= 11 is 0. The second-order valence-corrected chi connectivity index (χ2v) is 4.43. The Morgan fingerprint density at radius 2 is 2.41 bits per heavy atom. The van der Waals surface area contributed by atoms with Gasteiger partial charge in [-0.25, -0.2) is 4.39 Å². The molecule has 1 saturated heterocycles. The van der Waals surface area contributed by atoms with Crippen LogP contribution in [0.4, 0.5) is 4.39 Å². The average molecular weight is 236 g/mol. The Hall–Kier alpha value is -1.42. The fourth-order valence-corrected chi connectivity index (χ4v) is 2.08. The zero-order valence-corrected chi connectivity index (χ0v) is 9.87. The number of carbonyl (C=O) groups is 1. The third-order valence-electron chi connectivity index (χ3n) is 3.08. The van der Waals surface area contributed by atoms with E-state index in [1.165, 1.54) is 12.1 Å². The predicted molar refractivity (Wildman–Crippen MR) is 64.0 cm³/mol. The van der Waals surface area contributed by atoms with Gasteiger partial charge in [-0.15, -0.1) is 0 Å². The first kappa shape index (κ1) is 12.0. The fraction of sp³-hybridized carbons (Fsp3) is 0.462. The Bertz CT molecular complexity index is 402. The first-order valence-electron chi connectivity index (χ1n) is 5.96. The van der Waals surface area contributed by atoms with Crippen LogP contribution in [-0.4, -0.2) is 18.5 Å². The third-order valence-corrected chi connectivity index (χ3v) is 3.08. The molecule has 1 aliphatic heterocycles. The fourth-order valence-electron chi connectivity index (χ4n) is 2.08. The van der Waals surface area contributed by atoms with E-state index in [1.807, 2.05) is 13.0 Å². The Morgan fingerprint density at radius 1 is 1.59 bits per heavy atom. The molecule has 17 heavy (non-hydrogen) atoms. The summed E-state index contributed by atoms with van der Waals surface area (Å²) in [7, 11) is 0. The second kappa shape index (κ2) is 5.27.